The van der Waals surface area contributed by atoms with Gasteiger partial charge in [-0.3, -0.25) is 0 Å². The number of carboxylic acids is 1. The summed E-state index contributed by atoms with van der Waals surface area (Å²) in [5, 5.41) is 14.6. The third-order valence-electron chi connectivity index (χ3n) is 6.33. The first-order valence-corrected chi connectivity index (χ1v) is 11.6. The van der Waals surface area contributed by atoms with E-state index in [0.717, 1.165) is 56.6 Å². The highest BCUT2D eigenvalue weighted by Gasteiger charge is 2.51. The largest absolute Gasteiger partial charge is 0.480 e. The number of carbonyl (C=O) groups is 2. The van der Waals surface area contributed by atoms with Gasteiger partial charge in [0.25, 0.3) is 0 Å². The molecule has 0 radical (unpaired) electrons. The van der Waals surface area contributed by atoms with Crippen LogP contribution in [0.25, 0.3) is 0 Å². The van der Waals surface area contributed by atoms with Gasteiger partial charge in [-0.25, -0.2) is 14.6 Å². The number of pyridine rings is 1. The van der Waals surface area contributed by atoms with Crippen LogP contribution in [0.1, 0.15) is 57.2 Å². The summed E-state index contributed by atoms with van der Waals surface area (Å²) in [6.45, 7) is 2.40. The lowest BCUT2D eigenvalue weighted by Gasteiger charge is -2.35. The minimum absolute atomic E-state index is 0.00807. The molecule has 1 aliphatic carbocycles. The number of anilines is 1. The Labute approximate surface area is 196 Å². The summed E-state index contributed by atoms with van der Waals surface area (Å²) in [4.78, 5) is 27.8. The normalized spacial score (nSPS) is 21.0. The number of aliphatic carboxylic acids is 1. The van der Waals surface area contributed by atoms with Crippen molar-refractivity contribution in [1.82, 2.24) is 10.3 Å². The highest BCUT2D eigenvalue weighted by atomic mass is 19.4. The van der Waals surface area contributed by atoms with E-state index >= 15 is 0 Å². The SMILES string of the molecule is CC(C)(OC(=O)NC(CCOC1CC(CCc2ccc3c(n2)NCCC3)C1)C(=O)O)C(F)(F)F. The van der Waals surface area contributed by atoms with Crippen LogP contribution in [0.15, 0.2) is 12.1 Å². The minimum atomic E-state index is -4.78. The predicted octanol–water partition coefficient (Wildman–Crippen LogP) is 4.08. The second-order valence-electron chi connectivity index (χ2n) is 9.43. The fourth-order valence-electron chi connectivity index (χ4n) is 3.98. The lowest BCUT2D eigenvalue weighted by atomic mass is 9.79. The Kier molecular flexibility index (Phi) is 8.27. The summed E-state index contributed by atoms with van der Waals surface area (Å²) in [7, 11) is 0. The van der Waals surface area contributed by atoms with Gasteiger partial charge in [0.2, 0.25) is 5.60 Å². The molecule has 11 heteroatoms. The maximum absolute atomic E-state index is 12.8. The number of alkyl halides is 3. The molecule has 190 valence electrons. The van der Waals surface area contributed by atoms with Gasteiger partial charge in [0.15, 0.2) is 0 Å². The zero-order valence-electron chi connectivity index (χ0n) is 19.4. The number of halogens is 3. The summed E-state index contributed by atoms with van der Waals surface area (Å²) in [5.41, 5.74) is -0.407. The summed E-state index contributed by atoms with van der Waals surface area (Å²) in [5.74, 6) is 0.124. The van der Waals surface area contributed by atoms with E-state index < -0.39 is 29.9 Å². The van der Waals surface area contributed by atoms with E-state index in [1.807, 2.05) is 5.32 Å². The summed E-state index contributed by atoms with van der Waals surface area (Å²) < 4.78 is 48.5. The number of aromatic nitrogens is 1. The highest BCUT2D eigenvalue weighted by molar-refractivity contribution is 5.80. The van der Waals surface area contributed by atoms with E-state index in [9.17, 15) is 27.9 Å². The second-order valence-corrected chi connectivity index (χ2v) is 9.43. The number of carboxylic acid groups (broad SMARTS) is 1. The molecule has 1 amide bonds. The fourth-order valence-corrected chi connectivity index (χ4v) is 3.98. The van der Waals surface area contributed by atoms with Crippen LogP contribution in [0.3, 0.4) is 0 Å². The number of fused-ring (bicyclic) bond motifs is 1. The first-order chi connectivity index (χ1) is 15.9. The van der Waals surface area contributed by atoms with Crippen LogP contribution >= 0.6 is 0 Å². The lowest BCUT2D eigenvalue weighted by molar-refractivity contribution is -0.244. The number of hydrogen-bond acceptors (Lipinski definition) is 6. The minimum Gasteiger partial charge on any atom is -0.480 e. The maximum atomic E-state index is 12.8. The third-order valence-corrected chi connectivity index (χ3v) is 6.33. The fraction of sp³-hybridized carbons (Fsp3) is 0.696. The van der Waals surface area contributed by atoms with Crippen LogP contribution in [0.4, 0.5) is 23.8 Å². The number of rotatable bonds is 10. The van der Waals surface area contributed by atoms with Crippen molar-refractivity contribution in [2.24, 2.45) is 5.92 Å². The predicted molar refractivity (Wildman–Crippen MR) is 118 cm³/mol. The zero-order chi connectivity index (χ0) is 24.9. The standard InChI is InChI=1S/C23H32F3N3O5/c1-22(2,23(24,25)26)34-21(32)29-18(20(30)31)9-11-33-17-12-14(13-17)5-7-16-8-6-15-4-3-10-27-19(15)28-16/h6,8,14,17-18H,3-5,7,9-13H2,1-2H3,(H,27,28)(H,29,32)(H,30,31). The van der Waals surface area contributed by atoms with E-state index in [-0.39, 0.29) is 19.1 Å². The number of nitrogens with zero attached hydrogens (tertiary/aromatic N) is 1. The van der Waals surface area contributed by atoms with E-state index in [1.165, 1.54) is 5.56 Å². The van der Waals surface area contributed by atoms with E-state index in [2.05, 4.69) is 22.2 Å². The Morgan fingerprint density at radius 1 is 1.29 bits per heavy atom. The molecule has 1 atom stereocenters. The first kappa shape index (κ1) is 26.1. The average Bonchev–Trinajstić information content (AvgIpc) is 2.72. The zero-order valence-corrected chi connectivity index (χ0v) is 19.4. The summed E-state index contributed by atoms with van der Waals surface area (Å²) in [6.07, 6.45) is -0.517. The molecule has 1 saturated carbocycles. The quantitative estimate of drug-likeness (QED) is 0.456. The van der Waals surface area contributed by atoms with E-state index in [0.29, 0.717) is 19.8 Å². The number of ether oxygens (including phenoxy) is 2. The van der Waals surface area contributed by atoms with Gasteiger partial charge < -0.3 is 25.2 Å². The molecule has 2 aliphatic rings. The molecule has 0 aromatic carbocycles. The first-order valence-electron chi connectivity index (χ1n) is 11.6. The molecule has 0 bridgehead atoms. The Hall–Kier alpha value is -2.56. The van der Waals surface area contributed by atoms with Gasteiger partial charge in [0.05, 0.1) is 6.10 Å². The van der Waals surface area contributed by atoms with Gasteiger partial charge in [0.1, 0.15) is 11.9 Å². The maximum Gasteiger partial charge on any atom is 0.427 e. The number of aryl methyl sites for hydroxylation is 2. The number of hydrogen-bond donors (Lipinski definition) is 3. The third kappa shape index (κ3) is 6.97. The molecule has 1 aromatic heterocycles. The van der Waals surface area contributed by atoms with Gasteiger partial charge in [-0.15, -0.1) is 0 Å². The Morgan fingerprint density at radius 3 is 2.71 bits per heavy atom. The van der Waals surface area contributed by atoms with Crippen molar-refractivity contribution in [3.63, 3.8) is 0 Å². The average molecular weight is 488 g/mol. The van der Waals surface area contributed by atoms with Gasteiger partial charge in [-0.05, 0) is 69.9 Å². The number of nitrogens with one attached hydrogen (secondary N) is 2. The Morgan fingerprint density at radius 2 is 2.03 bits per heavy atom. The molecule has 2 heterocycles. The van der Waals surface area contributed by atoms with Crippen LogP contribution < -0.4 is 10.6 Å². The van der Waals surface area contributed by atoms with Crippen molar-refractivity contribution in [1.29, 1.82) is 0 Å². The van der Waals surface area contributed by atoms with Crippen molar-refractivity contribution in [2.75, 3.05) is 18.5 Å². The van der Waals surface area contributed by atoms with Crippen molar-refractivity contribution >= 4 is 17.9 Å². The number of amides is 1. The summed E-state index contributed by atoms with van der Waals surface area (Å²) >= 11 is 0. The van der Waals surface area contributed by atoms with Crippen LogP contribution in [0, 0.1) is 5.92 Å². The van der Waals surface area contributed by atoms with Crippen molar-refractivity contribution in [3.8, 4) is 0 Å². The van der Waals surface area contributed by atoms with Gasteiger partial charge in [-0.1, -0.05) is 6.07 Å². The molecule has 0 spiro atoms. The summed E-state index contributed by atoms with van der Waals surface area (Å²) in [6, 6.07) is 2.82. The second kappa shape index (κ2) is 10.8. The van der Waals surface area contributed by atoms with E-state index in [4.69, 9.17) is 9.72 Å². The van der Waals surface area contributed by atoms with Crippen molar-refractivity contribution in [3.05, 3.63) is 23.4 Å². The molecule has 1 unspecified atom stereocenters. The molecular weight excluding hydrogens is 455 g/mol. The molecule has 1 fully saturated rings. The van der Waals surface area contributed by atoms with Gasteiger partial charge in [-0.2, -0.15) is 13.2 Å². The van der Waals surface area contributed by atoms with Crippen molar-refractivity contribution in [2.45, 2.75) is 82.7 Å². The molecule has 1 aromatic rings. The lowest BCUT2D eigenvalue weighted by Crippen LogP contribution is -2.49. The van der Waals surface area contributed by atoms with Gasteiger partial charge in [0, 0.05) is 25.3 Å². The topological polar surface area (TPSA) is 110 Å². The molecule has 0 saturated heterocycles. The van der Waals surface area contributed by atoms with Gasteiger partial charge >= 0.3 is 18.2 Å². The van der Waals surface area contributed by atoms with E-state index in [1.54, 1.807) is 0 Å². The Balaban J connectivity index is 1.33. The van der Waals surface area contributed by atoms with Crippen LogP contribution in [-0.2, 0) is 27.1 Å². The van der Waals surface area contributed by atoms with Crippen LogP contribution in [0.2, 0.25) is 0 Å². The van der Waals surface area contributed by atoms with Crippen LogP contribution in [0.5, 0.6) is 0 Å². The number of alkyl carbamates (subject to hydrolysis) is 1. The highest BCUT2D eigenvalue weighted by Crippen LogP contribution is 2.34. The molecule has 3 N–H and O–H groups in total. The Bertz CT molecular complexity index is 872. The monoisotopic (exact) mass is 487 g/mol. The van der Waals surface area contributed by atoms with Crippen molar-refractivity contribution < 1.29 is 37.3 Å². The molecule has 8 nitrogen and oxygen atoms in total. The number of carbonyl (C=O) groups excluding carboxylic acids is 1. The molecular formula is C23H32F3N3O5. The smallest absolute Gasteiger partial charge is 0.427 e. The molecule has 3 rings (SSSR count). The molecule has 34 heavy (non-hydrogen) atoms. The van der Waals surface area contributed by atoms with Crippen LogP contribution in [-0.4, -0.2) is 59.2 Å². The molecule has 1 aliphatic heterocycles.